The highest BCUT2D eigenvalue weighted by Crippen LogP contribution is 2.30. The van der Waals surface area contributed by atoms with Gasteiger partial charge in [-0.25, -0.2) is 8.42 Å². The largest absolute Gasteiger partial charge is 0.416 e. The van der Waals surface area contributed by atoms with E-state index in [1.165, 1.54) is 42.6 Å². The minimum atomic E-state index is -4.48. The molecule has 2 N–H and O–H groups in total. The molecule has 3 rings (SSSR count). The van der Waals surface area contributed by atoms with Crippen molar-refractivity contribution in [1.29, 1.82) is 0 Å². The molecular weight excluding hydrogens is 485 g/mol. The summed E-state index contributed by atoms with van der Waals surface area (Å²) in [4.78, 5) is 9.91. The molecule has 0 atom stereocenters. The van der Waals surface area contributed by atoms with Crippen LogP contribution in [-0.2, 0) is 16.2 Å². The number of rotatable bonds is 7. The fraction of sp³-hybridized carbons (Fsp3) is 0.0500. The number of hydrogen-bond donors (Lipinski definition) is 2. The fourth-order valence-corrected chi connectivity index (χ4v) is 3.96. The van der Waals surface area contributed by atoms with Gasteiger partial charge in [-0.15, -0.1) is 0 Å². The summed E-state index contributed by atoms with van der Waals surface area (Å²) in [5.74, 6) is 0. The van der Waals surface area contributed by atoms with E-state index >= 15 is 0 Å². The number of halogens is 4. The number of anilines is 2. The number of nitrogens with one attached hydrogen (secondary N) is 2. The number of alkyl halides is 3. The van der Waals surface area contributed by atoms with Gasteiger partial charge in [0.25, 0.3) is 15.7 Å². The average molecular weight is 499 g/mol. The number of nitro groups is 1. The minimum absolute atomic E-state index is 0.0924. The van der Waals surface area contributed by atoms with Gasteiger partial charge in [-0.2, -0.15) is 18.3 Å². The second-order valence-electron chi connectivity index (χ2n) is 6.54. The topological polar surface area (TPSA) is 114 Å². The van der Waals surface area contributed by atoms with Crippen molar-refractivity contribution in [1.82, 2.24) is 0 Å². The second-order valence-corrected chi connectivity index (χ2v) is 8.63. The van der Waals surface area contributed by atoms with Gasteiger partial charge in [0, 0.05) is 22.8 Å². The van der Waals surface area contributed by atoms with E-state index in [0.29, 0.717) is 10.6 Å². The number of nitrogens with zero attached hydrogens (tertiary/aromatic N) is 2. The molecule has 0 aliphatic rings. The molecule has 0 fully saturated rings. The van der Waals surface area contributed by atoms with Crippen molar-refractivity contribution >= 4 is 44.9 Å². The van der Waals surface area contributed by atoms with Gasteiger partial charge < -0.3 is 0 Å². The van der Waals surface area contributed by atoms with Gasteiger partial charge in [0.05, 0.1) is 22.4 Å². The predicted octanol–water partition coefficient (Wildman–Crippen LogP) is 5.51. The molecule has 0 aromatic heterocycles. The number of sulfonamides is 1. The zero-order valence-corrected chi connectivity index (χ0v) is 17.9. The third kappa shape index (κ3) is 6.20. The Balaban J connectivity index is 1.88. The van der Waals surface area contributed by atoms with Gasteiger partial charge in [0.15, 0.2) is 0 Å². The summed E-state index contributed by atoms with van der Waals surface area (Å²) >= 11 is 5.79. The Morgan fingerprint density at radius 2 is 1.64 bits per heavy atom. The molecule has 13 heteroatoms. The van der Waals surface area contributed by atoms with Crippen LogP contribution in [0.2, 0.25) is 5.02 Å². The molecule has 0 saturated carbocycles. The zero-order valence-electron chi connectivity index (χ0n) is 16.4. The van der Waals surface area contributed by atoms with E-state index in [4.69, 9.17) is 11.6 Å². The van der Waals surface area contributed by atoms with Gasteiger partial charge in [-0.05, 0) is 48.0 Å². The Bertz CT molecular complexity index is 1300. The van der Waals surface area contributed by atoms with E-state index in [-0.39, 0.29) is 11.4 Å². The maximum absolute atomic E-state index is 12.9. The predicted molar refractivity (Wildman–Crippen MR) is 118 cm³/mol. The van der Waals surface area contributed by atoms with Gasteiger partial charge >= 0.3 is 6.18 Å². The maximum Gasteiger partial charge on any atom is 0.416 e. The summed E-state index contributed by atoms with van der Waals surface area (Å²) in [6.07, 6.45) is -3.31. The lowest BCUT2D eigenvalue weighted by Gasteiger charge is -2.12. The van der Waals surface area contributed by atoms with Crippen LogP contribution in [0.25, 0.3) is 0 Å². The van der Waals surface area contributed by atoms with Crippen molar-refractivity contribution in [3.8, 4) is 0 Å². The third-order valence-corrected chi connectivity index (χ3v) is 5.87. The van der Waals surface area contributed by atoms with E-state index in [0.717, 1.165) is 30.3 Å². The van der Waals surface area contributed by atoms with Crippen molar-refractivity contribution in [2.45, 2.75) is 11.1 Å². The molecule has 172 valence electrons. The quantitative estimate of drug-likeness (QED) is 0.253. The molecule has 8 nitrogen and oxygen atoms in total. The average Bonchev–Trinajstić information content (AvgIpc) is 2.75. The molecule has 0 aliphatic carbocycles. The first-order chi connectivity index (χ1) is 15.5. The highest BCUT2D eigenvalue weighted by atomic mass is 35.5. The summed E-state index contributed by atoms with van der Waals surface area (Å²) in [5.41, 5.74) is 1.55. The van der Waals surface area contributed by atoms with Crippen LogP contribution in [0, 0.1) is 10.1 Å². The van der Waals surface area contributed by atoms with Crippen LogP contribution in [0.3, 0.4) is 0 Å². The number of non-ortho nitro benzene ring substituents is 1. The Labute approximate surface area is 190 Å². The van der Waals surface area contributed by atoms with Crippen molar-refractivity contribution in [2.24, 2.45) is 5.10 Å². The van der Waals surface area contributed by atoms with E-state index in [1.807, 2.05) is 0 Å². The van der Waals surface area contributed by atoms with Crippen LogP contribution in [0.15, 0.2) is 76.7 Å². The van der Waals surface area contributed by atoms with Crippen molar-refractivity contribution in [3.05, 3.63) is 93.0 Å². The lowest BCUT2D eigenvalue weighted by molar-refractivity contribution is -0.385. The number of hydrogen-bond acceptors (Lipinski definition) is 6. The third-order valence-electron chi connectivity index (χ3n) is 4.20. The summed E-state index contributed by atoms with van der Waals surface area (Å²) in [5, 5.41) is 15.3. The molecule has 0 aliphatic heterocycles. The van der Waals surface area contributed by atoms with Crippen molar-refractivity contribution in [2.75, 3.05) is 10.1 Å². The monoisotopic (exact) mass is 498 g/mol. The van der Waals surface area contributed by atoms with Crippen LogP contribution in [0.5, 0.6) is 0 Å². The van der Waals surface area contributed by atoms with E-state index in [9.17, 15) is 31.7 Å². The lowest BCUT2D eigenvalue weighted by Crippen LogP contribution is -2.15. The molecule has 0 spiro atoms. The molecule has 0 radical (unpaired) electrons. The molecule has 33 heavy (non-hydrogen) atoms. The Kier molecular flexibility index (Phi) is 6.89. The number of benzene rings is 3. The van der Waals surface area contributed by atoms with E-state index in [2.05, 4.69) is 15.2 Å². The van der Waals surface area contributed by atoms with Crippen LogP contribution < -0.4 is 10.1 Å². The summed E-state index contributed by atoms with van der Waals surface area (Å²) in [7, 11) is -4.29. The Hall–Kier alpha value is -3.64. The molecular formula is C20H14ClF3N4O4S. The van der Waals surface area contributed by atoms with Gasteiger partial charge in [0.2, 0.25) is 0 Å². The molecule has 0 heterocycles. The van der Waals surface area contributed by atoms with Crippen molar-refractivity contribution in [3.63, 3.8) is 0 Å². The van der Waals surface area contributed by atoms with Gasteiger partial charge in [0.1, 0.15) is 4.90 Å². The van der Waals surface area contributed by atoms with Crippen molar-refractivity contribution < 1.29 is 26.5 Å². The first kappa shape index (κ1) is 24.0. The highest BCUT2D eigenvalue weighted by molar-refractivity contribution is 7.92. The van der Waals surface area contributed by atoms with Gasteiger partial charge in [-0.1, -0.05) is 23.7 Å². The lowest BCUT2D eigenvalue weighted by atomic mass is 10.1. The first-order valence-electron chi connectivity index (χ1n) is 8.99. The Morgan fingerprint density at radius 3 is 2.21 bits per heavy atom. The summed E-state index contributed by atoms with van der Waals surface area (Å²) in [6.45, 7) is 0. The number of hydrazone groups is 1. The van der Waals surface area contributed by atoms with Crippen LogP contribution in [0.1, 0.15) is 11.1 Å². The molecule has 0 saturated heterocycles. The van der Waals surface area contributed by atoms with Crippen LogP contribution in [0.4, 0.5) is 30.2 Å². The Morgan fingerprint density at radius 1 is 1.00 bits per heavy atom. The molecule has 3 aromatic carbocycles. The standard InChI is InChI=1S/C20H14ClF3N4O4S/c21-15-5-7-16(8-6-15)27-33(31,32)19-11-17(28(29)30)9-10-18(19)26-25-12-13-1-3-14(4-2-13)20(22,23)24/h1-12,26-27H. The van der Waals surface area contributed by atoms with E-state index < -0.39 is 37.3 Å². The minimum Gasteiger partial charge on any atom is -0.280 e. The molecule has 3 aromatic rings. The summed E-state index contributed by atoms with van der Waals surface area (Å²) in [6, 6.07) is 12.9. The molecule has 0 unspecified atom stereocenters. The molecule has 0 amide bonds. The van der Waals surface area contributed by atoms with Crippen LogP contribution in [-0.4, -0.2) is 19.6 Å². The van der Waals surface area contributed by atoms with Crippen LogP contribution >= 0.6 is 11.6 Å². The second kappa shape index (κ2) is 9.46. The smallest absolute Gasteiger partial charge is 0.280 e. The normalized spacial score (nSPS) is 12.0. The SMILES string of the molecule is O=[N+]([O-])c1ccc(NN=Cc2ccc(C(F)(F)F)cc2)c(S(=O)(=O)Nc2ccc(Cl)cc2)c1. The summed E-state index contributed by atoms with van der Waals surface area (Å²) < 4.78 is 66.0. The zero-order chi connectivity index (χ0) is 24.2. The number of nitro benzene ring substituents is 1. The molecule has 0 bridgehead atoms. The highest BCUT2D eigenvalue weighted by Gasteiger charge is 2.29. The van der Waals surface area contributed by atoms with Gasteiger partial charge in [-0.3, -0.25) is 20.3 Å². The maximum atomic E-state index is 12.9. The van der Waals surface area contributed by atoms with E-state index in [1.54, 1.807) is 0 Å². The fourth-order valence-electron chi connectivity index (χ4n) is 2.60. The first-order valence-corrected chi connectivity index (χ1v) is 10.8.